The molecule has 0 aromatic heterocycles. The van der Waals surface area contributed by atoms with Crippen LogP contribution in [0.2, 0.25) is 5.02 Å². The number of nitrogens with one attached hydrogen (secondary N) is 3. The van der Waals surface area contributed by atoms with Crippen LogP contribution in [0.3, 0.4) is 0 Å². The van der Waals surface area contributed by atoms with E-state index in [2.05, 4.69) is 46.4 Å². The van der Waals surface area contributed by atoms with E-state index in [-0.39, 0.29) is 41.3 Å². The number of hydrogen-bond donors (Lipinski definition) is 3. The number of urea groups is 1. The van der Waals surface area contributed by atoms with Crippen molar-refractivity contribution in [2.45, 2.75) is 78.7 Å². The molecule has 3 fully saturated rings. The number of hydrogen-bond acceptors (Lipinski definition) is 13. The van der Waals surface area contributed by atoms with E-state index in [0.717, 1.165) is 68.5 Å². The second-order valence-electron chi connectivity index (χ2n) is 20.6. The Morgan fingerprint density at radius 2 is 1.45 bits per heavy atom. The second-order valence-corrected chi connectivity index (χ2v) is 25.8. The van der Waals surface area contributed by atoms with E-state index in [1.165, 1.54) is 58.0 Å². The first kappa shape index (κ1) is 48.7. The van der Waals surface area contributed by atoms with Crippen LogP contribution in [0.15, 0.2) is 142 Å². The van der Waals surface area contributed by atoms with Gasteiger partial charge in [0, 0.05) is 134 Å². The van der Waals surface area contributed by atoms with Crippen molar-refractivity contribution in [3.63, 3.8) is 0 Å². The van der Waals surface area contributed by atoms with Crippen molar-refractivity contribution in [1.82, 2.24) is 24.7 Å². The van der Waals surface area contributed by atoms with Crippen LogP contribution in [0, 0.1) is 5.41 Å². The summed E-state index contributed by atoms with van der Waals surface area (Å²) in [4.78, 5) is 42.2. The molecule has 9 rings (SSSR count). The number of piperazine rings is 2. The van der Waals surface area contributed by atoms with Crippen molar-refractivity contribution in [2.24, 2.45) is 5.41 Å². The van der Waals surface area contributed by atoms with Crippen LogP contribution in [-0.2, 0) is 31.2 Å². The van der Waals surface area contributed by atoms with Crippen molar-refractivity contribution >= 4 is 83.7 Å². The maximum atomic E-state index is 14.6. The Labute approximate surface area is 487 Å². The lowest BCUT2D eigenvalue weighted by molar-refractivity contribution is -0.120. The minimum absolute atomic E-state index is 0.0261. The van der Waals surface area contributed by atoms with Crippen LogP contribution in [-0.4, -0.2) is 138 Å². The van der Waals surface area contributed by atoms with E-state index < -0.39 is 110 Å². The van der Waals surface area contributed by atoms with E-state index in [1.54, 1.807) is 42.5 Å². The fourth-order valence-corrected chi connectivity index (χ4v) is 13.0. The van der Waals surface area contributed by atoms with Crippen molar-refractivity contribution in [3.05, 3.63) is 149 Å². The number of alkyl halides is 3. The summed E-state index contributed by atoms with van der Waals surface area (Å²) < 4.78 is 173. The first-order chi connectivity index (χ1) is 41.1. The molecule has 4 aliphatic rings. The van der Waals surface area contributed by atoms with Gasteiger partial charge in [-0.1, -0.05) is 73.5 Å². The van der Waals surface area contributed by atoms with Gasteiger partial charge in [0.2, 0.25) is 5.91 Å². The third-order valence-corrected chi connectivity index (χ3v) is 18.5. The molecule has 3 heterocycles. The SMILES string of the molecule is [2H]C1([2H])N(CC[C@H](CSc2ccccc2)Nc2ccc(S(=O)(=O)NC(=O)c3ccc(N4CCN(CC5=C(c6ccc(Cl)cc6)CCC(C)(C)C5)CC4)cc3)cc2S(=O)(=O)C(F)(F)F)C([2H])([2H])C([2H])([2H])N(Cc2ccc(N3CCC(=O)NC3=O)cc2)C1([2H])[2H]. The number of benzene rings is 5. The molecule has 3 N–H and O–H groups in total. The average Bonchev–Trinajstić information content (AvgIpc) is 0.752. The molecule has 3 saturated heterocycles. The van der Waals surface area contributed by atoms with Crippen LogP contribution >= 0.6 is 23.4 Å². The standard InChI is InChI=1S/C58H66ClF3N8O7S3/c1-57(2)25-22-51(42-10-14-45(59)15-11-42)44(37-57)39-68-32-34-69(35-33-68)47-18-12-43(13-19-47)55(72)65-80(76,77)50-20-21-52(53(36-50)79(74,75)58(60,61)62)63-46(40-78-49-6-4-3-5-7-49)23-26-66-28-30-67(31-29-66)38-41-8-16-48(17-9-41)70-27-24-54(71)64-56(70)73/h3-21,36,46,63H,22-35,37-40H2,1-2H3,(H,65,72)(H,64,71,73)/t46-/m1/s1/i28D2,29D2,30D2,31D2. The van der Waals surface area contributed by atoms with Gasteiger partial charge in [0.25, 0.3) is 25.8 Å². The van der Waals surface area contributed by atoms with Crippen molar-refractivity contribution in [1.29, 1.82) is 0 Å². The summed E-state index contributed by atoms with van der Waals surface area (Å²) in [5, 5.41) is 5.58. The second kappa shape index (κ2) is 25.1. The molecule has 5 aromatic carbocycles. The quantitative estimate of drug-likeness (QED) is 0.0668. The number of imide groups is 1. The molecular weight excluding hydrogens is 1110 g/mol. The highest BCUT2D eigenvalue weighted by Gasteiger charge is 2.48. The van der Waals surface area contributed by atoms with Gasteiger partial charge in [-0.05, 0) is 127 Å². The molecule has 0 spiro atoms. The minimum atomic E-state index is -6.41. The molecule has 426 valence electrons. The van der Waals surface area contributed by atoms with Crippen molar-refractivity contribution in [2.75, 3.05) is 92.7 Å². The number of rotatable bonds is 19. The lowest BCUT2D eigenvalue weighted by atomic mass is 9.73. The van der Waals surface area contributed by atoms with E-state index in [1.807, 2.05) is 16.9 Å². The Morgan fingerprint density at radius 3 is 2.11 bits per heavy atom. The number of halogens is 4. The molecule has 80 heavy (non-hydrogen) atoms. The van der Waals surface area contributed by atoms with E-state index >= 15 is 0 Å². The fourth-order valence-electron chi connectivity index (χ4n) is 9.88. The van der Waals surface area contributed by atoms with Crippen LogP contribution in [0.25, 0.3) is 5.57 Å². The molecule has 1 aliphatic carbocycles. The minimum Gasteiger partial charge on any atom is -0.380 e. The average molecular weight is 1180 g/mol. The molecule has 15 nitrogen and oxygen atoms in total. The van der Waals surface area contributed by atoms with Crippen LogP contribution < -0.4 is 25.2 Å². The number of carbonyl (C=O) groups excluding carboxylic acids is 3. The van der Waals surface area contributed by atoms with E-state index in [0.29, 0.717) is 38.5 Å². The summed E-state index contributed by atoms with van der Waals surface area (Å²) >= 11 is 7.30. The topological polar surface area (TPSA) is 172 Å². The number of anilines is 3. The predicted molar refractivity (Wildman–Crippen MR) is 308 cm³/mol. The smallest absolute Gasteiger partial charge is 0.380 e. The Kier molecular flexibility index (Phi) is 15.3. The summed E-state index contributed by atoms with van der Waals surface area (Å²) in [6.07, 6.45) is 2.54. The molecule has 4 amide bonds. The van der Waals surface area contributed by atoms with Gasteiger partial charge in [0.05, 0.1) is 10.6 Å². The zero-order valence-corrected chi connectivity index (χ0v) is 47.1. The first-order valence-electron chi connectivity index (χ1n) is 29.9. The lowest BCUT2D eigenvalue weighted by Crippen LogP contribution is -2.49. The number of allylic oxidation sites excluding steroid dienone is 1. The molecule has 3 aliphatic heterocycles. The molecular formula is C58H66ClF3N8O7S3. The lowest BCUT2D eigenvalue weighted by Gasteiger charge is -2.39. The van der Waals surface area contributed by atoms with Crippen molar-refractivity contribution in [3.8, 4) is 0 Å². The number of nitrogens with zero attached hydrogens (tertiary/aromatic N) is 5. The van der Waals surface area contributed by atoms with E-state index in [4.69, 9.17) is 22.6 Å². The molecule has 0 saturated carbocycles. The van der Waals surface area contributed by atoms with Crippen molar-refractivity contribution < 1.29 is 55.4 Å². The van der Waals surface area contributed by atoms with Gasteiger partial charge in [-0.2, -0.15) is 13.2 Å². The zero-order chi connectivity index (χ0) is 64.0. The highest BCUT2D eigenvalue weighted by Crippen LogP contribution is 2.43. The summed E-state index contributed by atoms with van der Waals surface area (Å²) in [6.45, 7) is -6.57. The molecule has 0 bridgehead atoms. The predicted octanol–water partition coefficient (Wildman–Crippen LogP) is 9.77. The largest absolute Gasteiger partial charge is 0.501 e. The summed E-state index contributed by atoms with van der Waals surface area (Å²) in [5.74, 6) is -1.78. The van der Waals surface area contributed by atoms with Gasteiger partial charge in [-0.25, -0.2) is 26.4 Å². The monoisotopic (exact) mass is 1180 g/mol. The van der Waals surface area contributed by atoms with Gasteiger partial charge < -0.3 is 15.1 Å². The normalized spacial score (nSPS) is 22.5. The number of carbonyl (C=O) groups is 3. The number of sulfonamides is 1. The van der Waals surface area contributed by atoms with Crippen LogP contribution in [0.4, 0.5) is 35.0 Å². The zero-order valence-electron chi connectivity index (χ0n) is 51.9. The van der Waals surface area contributed by atoms with Gasteiger partial charge in [0.15, 0.2) is 0 Å². The Hall–Kier alpha value is -5.94. The maximum absolute atomic E-state index is 14.6. The van der Waals surface area contributed by atoms with Crippen LogP contribution in [0.1, 0.15) is 78.4 Å². The Bertz CT molecular complexity index is 3660. The number of sulfone groups is 1. The van der Waals surface area contributed by atoms with Crippen LogP contribution in [0.5, 0.6) is 0 Å². The number of thioether (sulfide) groups is 1. The fraction of sp³-hybridized carbons (Fsp3) is 0.397. The molecule has 22 heteroatoms. The van der Waals surface area contributed by atoms with Gasteiger partial charge in [0.1, 0.15) is 4.90 Å². The van der Waals surface area contributed by atoms with E-state index in [9.17, 15) is 44.4 Å². The molecule has 0 unspecified atom stereocenters. The number of amides is 4. The van der Waals surface area contributed by atoms with Gasteiger partial charge in [-0.3, -0.25) is 29.6 Å². The van der Waals surface area contributed by atoms with Gasteiger partial charge in [-0.15, -0.1) is 11.8 Å². The highest BCUT2D eigenvalue weighted by atomic mass is 35.5. The Balaban J connectivity index is 0.902. The third-order valence-electron chi connectivity index (χ3n) is 14.3. The highest BCUT2D eigenvalue weighted by molar-refractivity contribution is 7.99. The third kappa shape index (κ3) is 14.8. The summed E-state index contributed by atoms with van der Waals surface area (Å²) in [6, 6.07) is 28.0. The first-order valence-corrected chi connectivity index (χ1v) is 30.2. The molecule has 0 radical (unpaired) electrons. The Morgan fingerprint density at radius 1 is 0.787 bits per heavy atom. The molecule has 1 atom stereocenters. The maximum Gasteiger partial charge on any atom is 0.501 e. The summed E-state index contributed by atoms with van der Waals surface area (Å²) in [5.41, 5.74) is -1.53. The molecule has 5 aromatic rings. The van der Waals surface area contributed by atoms with Gasteiger partial charge >= 0.3 is 11.5 Å². The summed E-state index contributed by atoms with van der Waals surface area (Å²) in [7, 11) is -11.5.